The van der Waals surface area contributed by atoms with E-state index >= 15 is 0 Å². The molecule has 1 aromatic rings. The molecule has 0 N–H and O–H groups in total. The van der Waals surface area contributed by atoms with Crippen molar-refractivity contribution in [2.24, 2.45) is 0 Å². The largest absolute Gasteiger partial charge is 0.627 e. The summed E-state index contributed by atoms with van der Waals surface area (Å²) in [5.41, 5.74) is 0.905. The molecular formula is C10H12ClNOS. The number of benzene rings is 1. The van der Waals surface area contributed by atoms with Crippen LogP contribution >= 0.6 is 23.4 Å². The lowest BCUT2D eigenvalue weighted by molar-refractivity contribution is 0.432. The zero-order valence-corrected chi connectivity index (χ0v) is 9.35. The summed E-state index contributed by atoms with van der Waals surface area (Å²) < 4.78 is -0.215. The van der Waals surface area contributed by atoms with Crippen molar-refractivity contribution in [2.75, 3.05) is 18.3 Å². The van der Waals surface area contributed by atoms with E-state index in [0.717, 1.165) is 17.0 Å². The fourth-order valence-corrected chi connectivity index (χ4v) is 2.95. The fraction of sp³-hybridized carbons (Fsp3) is 0.400. The number of nitrogens with zero attached hydrogens (tertiary/aromatic N) is 1. The van der Waals surface area contributed by atoms with Crippen LogP contribution in [0.1, 0.15) is 6.42 Å². The highest BCUT2D eigenvalue weighted by atomic mass is 35.5. The minimum Gasteiger partial charge on any atom is -0.627 e. The van der Waals surface area contributed by atoms with E-state index < -0.39 is 0 Å². The van der Waals surface area contributed by atoms with Gasteiger partial charge in [-0.1, -0.05) is 23.9 Å². The molecule has 0 saturated heterocycles. The predicted molar refractivity (Wildman–Crippen MR) is 62.5 cm³/mol. The summed E-state index contributed by atoms with van der Waals surface area (Å²) >= 11 is 7.26. The Kier molecular flexibility index (Phi) is 3.02. The first-order chi connectivity index (χ1) is 6.76. The van der Waals surface area contributed by atoms with Crippen LogP contribution in [0.3, 0.4) is 0 Å². The summed E-state index contributed by atoms with van der Waals surface area (Å²) in [6.07, 6.45) is 0.778. The number of alkyl halides is 1. The van der Waals surface area contributed by atoms with Gasteiger partial charge in [-0.15, -0.1) is 11.6 Å². The Morgan fingerprint density at radius 1 is 1.43 bits per heavy atom. The molecule has 2 rings (SSSR count). The van der Waals surface area contributed by atoms with E-state index in [1.54, 1.807) is 11.8 Å². The van der Waals surface area contributed by atoms with Gasteiger partial charge in [0.15, 0.2) is 0 Å². The first kappa shape index (κ1) is 10.3. The first-order valence-corrected chi connectivity index (χ1v) is 6.15. The van der Waals surface area contributed by atoms with Crippen molar-refractivity contribution in [3.8, 4) is 0 Å². The van der Waals surface area contributed by atoms with E-state index in [9.17, 15) is 5.21 Å². The summed E-state index contributed by atoms with van der Waals surface area (Å²) in [5.74, 6) is 1.16. The van der Waals surface area contributed by atoms with E-state index in [2.05, 4.69) is 0 Å². The highest BCUT2D eigenvalue weighted by Crippen LogP contribution is 2.42. The minimum absolute atomic E-state index is 0.215. The van der Waals surface area contributed by atoms with Crippen molar-refractivity contribution < 1.29 is 0 Å². The van der Waals surface area contributed by atoms with Crippen LogP contribution in [0.2, 0.25) is 0 Å². The Morgan fingerprint density at radius 2 is 2.21 bits per heavy atom. The monoisotopic (exact) mass is 229 g/mol. The van der Waals surface area contributed by atoms with Gasteiger partial charge in [-0.2, -0.15) is 0 Å². The molecule has 0 amide bonds. The van der Waals surface area contributed by atoms with Crippen molar-refractivity contribution in [3.63, 3.8) is 0 Å². The standard InChI is InChI=1S/C10H12ClNOS/c11-6-3-7-12(13)8-14-10-5-2-1-4-9(10)12/h1-2,4-5H,3,6-8H2. The van der Waals surface area contributed by atoms with Gasteiger partial charge in [0.2, 0.25) is 0 Å². The van der Waals surface area contributed by atoms with Crippen LogP contribution in [-0.4, -0.2) is 18.3 Å². The first-order valence-electron chi connectivity index (χ1n) is 4.63. The average molecular weight is 230 g/mol. The number of rotatable bonds is 3. The molecule has 14 heavy (non-hydrogen) atoms. The Hall–Kier alpha value is -0.220. The van der Waals surface area contributed by atoms with E-state index in [4.69, 9.17) is 11.6 Å². The third-order valence-corrected chi connectivity index (χ3v) is 3.86. The van der Waals surface area contributed by atoms with E-state index in [0.29, 0.717) is 18.3 Å². The SMILES string of the molecule is [O-][N+]1(CCCCl)CSc2ccccc21. The van der Waals surface area contributed by atoms with Gasteiger partial charge in [0, 0.05) is 18.4 Å². The second-order valence-electron chi connectivity index (χ2n) is 3.40. The molecule has 1 heterocycles. The highest BCUT2D eigenvalue weighted by molar-refractivity contribution is 7.99. The van der Waals surface area contributed by atoms with E-state index in [1.165, 1.54) is 0 Å². The lowest BCUT2D eigenvalue weighted by atomic mass is 10.3. The number of hydrogen-bond donors (Lipinski definition) is 0. The van der Waals surface area contributed by atoms with Crippen molar-refractivity contribution in [2.45, 2.75) is 11.3 Å². The normalized spacial score (nSPS) is 25.0. The van der Waals surface area contributed by atoms with Crippen molar-refractivity contribution >= 4 is 29.1 Å². The summed E-state index contributed by atoms with van der Waals surface area (Å²) in [6.45, 7) is 0.591. The van der Waals surface area contributed by atoms with E-state index in [1.807, 2.05) is 24.3 Å². The second-order valence-corrected chi connectivity index (χ2v) is 4.76. The topological polar surface area (TPSA) is 23.1 Å². The van der Waals surface area contributed by atoms with Crippen LogP contribution in [0.15, 0.2) is 29.2 Å². The molecule has 0 spiro atoms. The van der Waals surface area contributed by atoms with Crippen molar-refractivity contribution in [1.82, 2.24) is 4.65 Å². The molecule has 1 aliphatic rings. The van der Waals surface area contributed by atoms with Gasteiger partial charge in [-0.05, 0) is 6.07 Å². The lowest BCUT2D eigenvalue weighted by Gasteiger charge is -2.37. The van der Waals surface area contributed by atoms with Crippen molar-refractivity contribution in [1.29, 1.82) is 0 Å². The second kappa shape index (κ2) is 4.11. The molecule has 0 saturated carbocycles. The van der Waals surface area contributed by atoms with Crippen LogP contribution in [0, 0.1) is 5.21 Å². The maximum absolute atomic E-state index is 12.3. The third-order valence-electron chi connectivity index (χ3n) is 2.39. The molecule has 2 nitrogen and oxygen atoms in total. The molecule has 0 aliphatic carbocycles. The zero-order valence-electron chi connectivity index (χ0n) is 7.78. The van der Waals surface area contributed by atoms with Gasteiger partial charge in [0.25, 0.3) is 0 Å². The molecule has 1 aromatic carbocycles. The molecule has 0 radical (unpaired) electrons. The average Bonchev–Trinajstić information content (AvgIpc) is 2.55. The number of halogens is 1. The zero-order chi connectivity index (χ0) is 10.0. The Bertz CT molecular complexity index is 334. The Morgan fingerprint density at radius 3 is 3.00 bits per heavy atom. The summed E-state index contributed by atoms with van der Waals surface area (Å²) in [7, 11) is 0. The van der Waals surface area contributed by atoms with Gasteiger partial charge < -0.3 is 9.85 Å². The Labute approximate surface area is 93.0 Å². The van der Waals surface area contributed by atoms with Crippen LogP contribution in [0.25, 0.3) is 0 Å². The van der Waals surface area contributed by atoms with Crippen LogP contribution in [-0.2, 0) is 0 Å². The number of quaternary nitrogens is 1. The number of fused-ring (bicyclic) bond motifs is 1. The van der Waals surface area contributed by atoms with Crippen LogP contribution < -0.4 is 4.65 Å². The van der Waals surface area contributed by atoms with Gasteiger partial charge in [0.1, 0.15) is 11.6 Å². The van der Waals surface area contributed by atoms with Gasteiger partial charge in [0.05, 0.1) is 11.4 Å². The smallest absolute Gasteiger partial charge is 0.147 e. The maximum atomic E-state index is 12.3. The third kappa shape index (κ3) is 1.77. The molecule has 0 fully saturated rings. The molecule has 1 aliphatic heterocycles. The highest BCUT2D eigenvalue weighted by Gasteiger charge is 2.30. The molecule has 76 valence electrons. The fourth-order valence-electron chi connectivity index (χ4n) is 1.66. The number of thioether (sulfide) groups is 1. The lowest BCUT2D eigenvalue weighted by Crippen LogP contribution is -2.41. The van der Waals surface area contributed by atoms with E-state index in [-0.39, 0.29) is 4.65 Å². The van der Waals surface area contributed by atoms with Gasteiger partial charge in [-0.25, -0.2) is 0 Å². The van der Waals surface area contributed by atoms with Crippen LogP contribution in [0.4, 0.5) is 5.69 Å². The molecule has 4 heteroatoms. The van der Waals surface area contributed by atoms with Crippen molar-refractivity contribution in [3.05, 3.63) is 29.5 Å². The molecule has 1 unspecified atom stereocenters. The molecular weight excluding hydrogens is 218 g/mol. The minimum atomic E-state index is -0.215. The quantitative estimate of drug-likeness (QED) is 0.452. The summed E-state index contributed by atoms with van der Waals surface area (Å²) in [6, 6.07) is 7.84. The molecule has 0 aromatic heterocycles. The summed E-state index contributed by atoms with van der Waals surface area (Å²) in [5, 5.41) is 12.3. The summed E-state index contributed by atoms with van der Waals surface area (Å²) in [4.78, 5) is 1.12. The predicted octanol–water partition coefficient (Wildman–Crippen LogP) is 3.18. The maximum Gasteiger partial charge on any atom is 0.147 e. The molecule has 1 atom stereocenters. The number of hydroxylamine groups is 2. The molecule has 0 bridgehead atoms. The van der Waals surface area contributed by atoms with Gasteiger partial charge in [-0.3, -0.25) is 0 Å². The number of para-hydroxylation sites is 1. The van der Waals surface area contributed by atoms with Crippen LogP contribution in [0.5, 0.6) is 0 Å². The number of hydrogen-bond acceptors (Lipinski definition) is 2. The van der Waals surface area contributed by atoms with Gasteiger partial charge >= 0.3 is 0 Å². The Balaban J connectivity index is 2.23.